The van der Waals surface area contributed by atoms with Crippen molar-refractivity contribution in [3.05, 3.63) is 0 Å². The molecule has 0 heterocycles. The fourth-order valence-electron chi connectivity index (χ4n) is 2.90. The first-order valence-electron chi connectivity index (χ1n) is 13.4. The lowest BCUT2D eigenvalue weighted by atomic mass is 10.2. The summed E-state index contributed by atoms with van der Waals surface area (Å²) < 4.78 is 0. The minimum Gasteiger partial charge on any atom is -0.480 e. The Balaban J connectivity index is 4.57. The first-order chi connectivity index (χ1) is 22.2. The molecular formula is C23H38N10O14. The summed E-state index contributed by atoms with van der Waals surface area (Å²) >= 11 is 0. The second-order valence-corrected chi connectivity index (χ2v) is 8.99. The van der Waals surface area contributed by atoms with Gasteiger partial charge in [0.2, 0.25) is 53.2 Å². The van der Waals surface area contributed by atoms with Gasteiger partial charge in [-0.2, -0.15) is 0 Å². The summed E-state index contributed by atoms with van der Waals surface area (Å²) in [6, 6.07) is -4.76. The molecule has 0 fully saturated rings. The number of aliphatic hydroxyl groups is 3. The quantitative estimate of drug-likeness (QED) is 0.0505. The van der Waals surface area contributed by atoms with Crippen molar-refractivity contribution in [2.75, 3.05) is 65.6 Å². The number of rotatable bonds is 22. The van der Waals surface area contributed by atoms with Crippen molar-refractivity contribution in [2.24, 2.45) is 5.73 Å². The number of aliphatic hydroxyl groups excluding tert-OH is 3. The van der Waals surface area contributed by atoms with Gasteiger partial charge in [-0.25, -0.2) is 0 Å². The molecule has 9 amide bonds. The van der Waals surface area contributed by atoms with Gasteiger partial charge in [-0.1, -0.05) is 0 Å². The van der Waals surface area contributed by atoms with E-state index in [0.29, 0.717) is 0 Å². The van der Waals surface area contributed by atoms with Crippen molar-refractivity contribution in [1.29, 1.82) is 0 Å². The zero-order chi connectivity index (χ0) is 35.9. The van der Waals surface area contributed by atoms with Crippen molar-refractivity contribution >= 4 is 59.1 Å². The Bertz CT molecular complexity index is 1170. The lowest BCUT2D eigenvalue weighted by Crippen LogP contribution is -2.57. The number of carboxylic acids is 1. The van der Waals surface area contributed by atoms with E-state index >= 15 is 0 Å². The standard InChI is InChI=1S/C23H38N10O14/c24-1-14(37)25-2-15(38)27-6-19(42)32-13(10-36)23(47)33-12(9-35)22(46)29-4-17(40)26-3-16(39)28-5-18(41)31-11(8-34)21(45)30-7-20(43)44/h11-13,34-36H,1-10,24H2,(H,25,37)(H,26,40)(H,27,38)(H,28,39)(H,29,46)(H,30,45)(H,31,41)(H,32,42)(H,33,47)(H,43,44)/t11-,12-,13-/m0/s1. The summed E-state index contributed by atoms with van der Waals surface area (Å²) in [5.41, 5.74) is 5.07. The molecule has 0 aliphatic carbocycles. The summed E-state index contributed by atoms with van der Waals surface area (Å²) in [6.45, 7) is -7.13. The van der Waals surface area contributed by atoms with Crippen LogP contribution in [0, 0.1) is 0 Å². The summed E-state index contributed by atoms with van der Waals surface area (Å²) in [4.78, 5) is 117. The maximum absolute atomic E-state index is 12.4. The first kappa shape index (κ1) is 41.5. The van der Waals surface area contributed by atoms with E-state index in [1.165, 1.54) is 0 Å². The van der Waals surface area contributed by atoms with Gasteiger partial charge in [0.1, 0.15) is 24.7 Å². The van der Waals surface area contributed by atoms with Gasteiger partial charge in [0.25, 0.3) is 0 Å². The van der Waals surface area contributed by atoms with Crippen LogP contribution in [0.1, 0.15) is 0 Å². The van der Waals surface area contributed by atoms with Gasteiger partial charge in [0.15, 0.2) is 0 Å². The van der Waals surface area contributed by atoms with Crippen LogP contribution in [0.25, 0.3) is 0 Å². The third-order valence-corrected chi connectivity index (χ3v) is 5.29. The minimum atomic E-state index is -1.65. The molecule has 0 unspecified atom stereocenters. The predicted molar refractivity (Wildman–Crippen MR) is 152 cm³/mol. The number of aliphatic carboxylic acids is 1. The monoisotopic (exact) mass is 678 g/mol. The molecule has 0 bridgehead atoms. The number of carboxylic acid groups (broad SMARTS) is 1. The molecular weight excluding hydrogens is 640 g/mol. The van der Waals surface area contributed by atoms with Crippen LogP contribution in [0.3, 0.4) is 0 Å². The van der Waals surface area contributed by atoms with E-state index in [0.717, 1.165) is 0 Å². The van der Waals surface area contributed by atoms with E-state index < -0.39 is 136 Å². The predicted octanol–water partition coefficient (Wildman–Crippen LogP) is -10.8. The highest BCUT2D eigenvalue weighted by atomic mass is 16.4. The van der Waals surface area contributed by atoms with Crippen molar-refractivity contribution in [3.63, 3.8) is 0 Å². The number of carbonyl (C=O) groups excluding carboxylic acids is 9. The zero-order valence-electron chi connectivity index (χ0n) is 24.8. The number of carbonyl (C=O) groups is 10. The van der Waals surface area contributed by atoms with Crippen LogP contribution in [0.4, 0.5) is 0 Å². The summed E-state index contributed by atoms with van der Waals surface area (Å²) in [5.74, 6) is -9.57. The molecule has 0 aromatic heterocycles. The highest BCUT2D eigenvalue weighted by molar-refractivity contribution is 5.95. The van der Waals surface area contributed by atoms with Crippen molar-refractivity contribution < 1.29 is 68.4 Å². The number of nitrogens with two attached hydrogens (primary N) is 1. The van der Waals surface area contributed by atoms with Gasteiger partial charge >= 0.3 is 5.97 Å². The molecule has 15 N–H and O–H groups in total. The minimum absolute atomic E-state index is 0.358. The molecule has 24 heteroatoms. The first-order valence-corrected chi connectivity index (χ1v) is 13.4. The largest absolute Gasteiger partial charge is 0.480 e. The zero-order valence-corrected chi connectivity index (χ0v) is 24.8. The Labute approximate surface area is 265 Å². The maximum Gasteiger partial charge on any atom is 0.322 e. The lowest BCUT2D eigenvalue weighted by Gasteiger charge is -2.21. The Morgan fingerprint density at radius 3 is 1.13 bits per heavy atom. The van der Waals surface area contributed by atoms with Crippen LogP contribution in [0.2, 0.25) is 0 Å². The topological polar surface area (TPSA) is 386 Å². The smallest absolute Gasteiger partial charge is 0.322 e. The lowest BCUT2D eigenvalue weighted by molar-refractivity contribution is -0.138. The number of hydrogen-bond acceptors (Lipinski definition) is 14. The molecule has 3 atom stereocenters. The number of amides is 9. The van der Waals surface area contributed by atoms with Gasteiger partial charge in [-0.05, 0) is 0 Å². The molecule has 0 rings (SSSR count). The van der Waals surface area contributed by atoms with Crippen molar-refractivity contribution in [2.45, 2.75) is 18.1 Å². The second kappa shape index (κ2) is 23.0. The van der Waals surface area contributed by atoms with Crippen molar-refractivity contribution in [1.82, 2.24) is 47.9 Å². The van der Waals surface area contributed by atoms with Gasteiger partial charge in [-0.15, -0.1) is 0 Å². The highest BCUT2D eigenvalue weighted by Gasteiger charge is 2.26. The van der Waals surface area contributed by atoms with Crippen LogP contribution in [0.15, 0.2) is 0 Å². The summed E-state index contributed by atoms with van der Waals surface area (Å²) in [5, 5.41) is 55.3. The Morgan fingerprint density at radius 2 is 0.745 bits per heavy atom. The fraction of sp³-hybridized carbons (Fsp3) is 0.565. The second-order valence-electron chi connectivity index (χ2n) is 8.99. The van der Waals surface area contributed by atoms with Crippen LogP contribution < -0.4 is 53.6 Å². The molecule has 264 valence electrons. The van der Waals surface area contributed by atoms with Crippen molar-refractivity contribution in [3.8, 4) is 0 Å². The van der Waals surface area contributed by atoms with Gasteiger partial charge in [-0.3, -0.25) is 47.9 Å². The third-order valence-electron chi connectivity index (χ3n) is 5.29. The molecule has 0 aliphatic heterocycles. The molecule has 0 aromatic carbocycles. The number of hydrogen-bond donors (Lipinski definition) is 14. The SMILES string of the molecule is NCC(=O)NCC(=O)NCC(=O)N[C@@H](CO)C(=O)N[C@@H](CO)C(=O)NCC(=O)NCC(=O)NCC(=O)N[C@@H](CO)C(=O)NCC(=O)O. The van der Waals surface area contributed by atoms with Crippen LogP contribution in [-0.2, 0) is 47.9 Å². The van der Waals surface area contributed by atoms with E-state index in [1.54, 1.807) is 0 Å². The fourth-order valence-corrected chi connectivity index (χ4v) is 2.90. The normalized spacial score (nSPS) is 12.1. The van der Waals surface area contributed by atoms with Gasteiger partial charge in [0, 0.05) is 0 Å². The maximum atomic E-state index is 12.4. The third kappa shape index (κ3) is 18.8. The Morgan fingerprint density at radius 1 is 0.426 bits per heavy atom. The van der Waals surface area contributed by atoms with E-state index in [-0.39, 0.29) is 6.54 Å². The molecule has 0 spiro atoms. The molecule has 24 nitrogen and oxygen atoms in total. The van der Waals surface area contributed by atoms with E-state index in [9.17, 15) is 63.3 Å². The Hall–Kier alpha value is -5.46. The molecule has 0 saturated carbocycles. The summed E-state index contributed by atoms with van der Waals surface area (Å²) in [7, 11) is 0. The Kier molecular flexibility index (Phi) is 20.3. The van der Waals surface area contributed by atoms with Gasteiger partial charge < -0.3 is 74.0 Å². The molecule has 0 saturated heterocycles. The molecule has 0 radical (unpaired) electrons. The van der Waals surface area contributed by atoms with Crippen LogP contribution in [-0.4, -0.2) is 163 Å². The van der Waals surface area contributed by atoms with Crippen LogP contribution >= 0.6 is 0 Å². The van der Waals surface area contributed by atoms with E-state index in [2.05, 4.69) is 37.2 Å². The summed E-state index contributed by atoms with van der Waals surface area (Å²) in [6.07, 6.45) is 0. The number of nitrogens with one attached hydrogen (secondary N) is 9. The molecule has 0 aromatic rings. The average Bonchev–Trinajstić information content (AvgIpc) is 3.05. The van der Waals surface area contributed by atoms with Gasteiger partial charge in [0.05, 0.1) is 59.1 Å². The molecule has 0 aliphatic rings. The van der Waals surface area contributed by atoms with E-state index in [4.69, 9.17) is 10.8 Å². The van der Waals surface area contributed by atoms with Crippen LogP contribution in [0.5, 0.6) is 0 Å². The molecule has 47 heavy (non-hydrogen) atoms. The van der Waals surface area contributed by atoms with E-state index in [1.807, 2.05) is 10.6 Å². The highest BCUT2D eigenvalue weighted by Crippen LogP contribution is 1.90. The average molecular weight is 679 g/mol.